The first kappa shape index (κ1) is 11.0. The van der Waals surface area contributed by atoms with Crippen molar-refractivity contribution < 1.29 is 9.90 Å². The largest absolute Gasteiger partial charge is 0.481 e. The van der Waals surface area contributed by atoms with E-state index in [2.05, 4.69) is 15.9 Å². The molecule has 1 aromatic heterocycles. The van der Waals surface area contributed by atoms with Gasteiger partial charge in [-0.3, -0.25) is 9.59 Å². The third-order valence-electron chi connectivity index (χ3n) is 2.03. The van der Waals surface area contributed by atoms with Crippen LogP contribution < -0.4 is 5.56 Å². The molecule has 0 radical (unpaired) electrons. The lowest BCUT2D eigenvalue weighted by molar-refractivity contribution is -0.138. The van der Waals surface area contributed by atoms with Crippen molar-refractivity contribution in [2.75, 3.05) is 0 Å². The van der Waals surface area contributed by atoms with Crippen LogP contribution in [0.2, 0.25) is 0 Å². The summed E-state index contributed by atoms with van der Waals surface area (Å²) in [7, 11) is 1.59. The number of aromatic nitrogens is 1. The van der Waals surface area contributed by atoms with Crippen LogP contribution in [-0.4, -0.2) is 15.6 Å². The Labute approximate surface area is 89.3 Å². The molecule has 0 bridgehead atoms. The lowest BCUT2D eigenvalue weighted by Crippen LogP contribution is -2.19. The molecule has 1 heterocycles. The van der Waals surface area contributed by atoms with Crippen molar-refractivity contribution in [3.63, 3.8) is 0 Å². The van der Waals surface area contributed by atoms with Crippen LogP contribution in [-0.2, 0) is 11.8 Å². The topological polar surface area (TPSA) is 59.3 Å². The van der Waals surface area contributed by atoms with Crippen LogP contribution in [0.3, 0.4) is 0 Å². The Kier molecular flexibility index (Phi) is 3.10. The van der Waals surface area contributed by atoms with Crippen LogP contribution in [0.5, 0.6) is 0 Å². The number of carboxylic acid groups (broad SMARTS) is 1. The third-order valence-corrected chi connectivity index (χ3v) is 2.60. The zero-order valence-electron chi connectivity index (χ0n) is 7.82. The minimum atomic E-state index is -0.907. The van der Waals surface area contributed by atoms with E-state index in [1.54, 1.807) is 20.0 Å². The minimum Gasteiger partial charge on any atom is -0.481 e. The SMILES string of the molecule is CC(C(=O)O)c1cc(Br)c(=O)n(C)c1. The lowest BCUT2D eigenvalue weighted by atomic mass is 10.0. The van der Waals surface area contributed by atoms with Crippen molar-refractivity contribution >= 4 is 21.9 Å². The number of hydrogen-bond donors (Lipinski definition) is 1. The van der Waals surface area contributed by atoms with Gasteiger partial charge < -0.3 is 9.67 Å². The number of pyridine rings is 1. The number of hydrogen-bond acceptors (Lipinski definition) is 2. The maximum atomic E-state index is 11.3. The molecule has 76 valence electrons. The summed E-state index contributed by atoms with van der Waals surface area (Å²) in [5, 5.41) is 8.78. The van der Waals surface area contributed by atoms with Gasteiger partial charge in [-0.25, -0.2) is 0 Å². The zero-order valence-corrected chi connectivity index (χ0v) is 9.41. The number of rotatable bonds is 2. The molecule has 0 spiro atoms. The molecule has 14 heavy (non-hydrogen) atoms. The first-order chi connectivity index (χ1) is 6.43. The quantitative estimate of drug-likeness (QED) is 0.872. The highest BCUT2D eigenvalue weighted by Crippen LogP contribution is 2.16. The lowest BCUT2D eigenvalue weighted by Gasteiger charge is -2.08. The van der Waals surface area contributed by atoms with Crippen molar-refractivity contribution in [2.24, 2.45) is 7.05 Å². The molecule has 0 amide bonds. The molecule has 1 rings (SSSR count). The fourth-order valence-electron chi connectivity index (χ4n) is 1.08. The number of aryl methyl sites for hydroxylation is 1. The normalized spacial score (nSPS) is 12.5. The Bertz CT molecular complexity index is 398. The predicted molar refractivity (Wildman–Crippen MR) is 55.4 cm³/mol. The summed E-state index contributed by atoms with van der Waals surface area (Å²) < 4.78 is 1.74. The van der Waals surface area contributed by atoms with Gasteiger partial charge in [-0.1, -0.05) is 0 Å². The summed E-state index contributed by atoms with van der Waals surface area (Å²) in [4.78, 5) is 22.0. The first-order valence-corrected chi connectivity index (χ1v) is 4.81. The van der Waals surface area contributed by atoms with Crippen molar-refractivity contribution in [2.45, 2.75) is 12.8 Å². The molecule has 1 atom stereocenters. The molecule has 0 saturated heterocycles. The first-order valence-electron chi connectivity index (χ1n) is 4.02. The number of nitrogens with zero attached hydrogens (tertiary/aromatic N) is 1. The molecule has 0 aliphatic carbocycles. The number of aliphatic carboxylic acids is 1. The Morgan fingerprint density at radius 1 is 1.64 bits per heavy atom. The minimum absolute atomic E-state index is 0.175. The molecule has 1 unspecified atom stereocenters. The van der Waals surface area contributed by atoms with Crippen LogP contribution in [0.4, 0.5) is 0 Å². The average Bonchev–Trinajstić information content (AvgIpc) is 2.12. The van der Waals surface area contributed by atoms with Crippen LogP contribution in [0, 0.1) is 0 Å². The Balaban J connectivity index is 3.26. The number of carbonyl (C=O) groups is 1. The van der Waals surface area contributed by atoms with Gasteiger partial charge in [0.25, 0.3) is 5.56 Å². The molecule has 5 heteroatoms. The number of halogens is 1. The van der Waals surface area contributed by atoms with Gasteiger partial charge in [0.1, 0.15) is 0 Å². The van der Waals surface area contributed by atoms with Crippen LogP contribution in [0.25, 0.3) is 0 Å². The zero-order chi connectivity index (χ0) is 10.9. The highest BCUT2D eigenvalue weighted by atomic mass is 79.9. The fourth-order valence-corrected chi connectivity index (χ4v) is 1.62. The summed E-state index contributed by atoms with van der Waals surface area (Å²) in [5.41, 5.74) is 0.429. The van der Waals surface area contributed by atoms with Gasteiger partial charge >= 0.3 is 5.97 Å². The van der Waals surface area contributed by atoms with Gasteiger partial charge in [-0.2, -0.15) is 0 Å². The molecule has 0 aliphatic rings. The van der Waals surface area contributed by atoms with E-state index in [0.29, 0.717) is 10.0 Å². The van der Waals surface area contributed by atoms with Crippen LogP contribution >= 0.6 is 15.9 Å². The monoisotopic (exact) mass is 259 g/mol. The smallest absolute Gasteiger partial charge is 0.310 e. The molecule has 0 saturated carbocycles. The molecule has 0 aliphatic heterocycles. The highest BCUT2D eigenvalue weighted by Gasteiger charge is 2.15. The maximum Gasteiger partial charge on any atom is 0.310 e. The average molecular weight is 260 g/mol. The second kappa shape index (κ2) is 3.96. The third kappa shape index (κ3) is 2.04. The van der Waals surface area contributed by atoms with Gasteiger partial charge in [0.2, 0.25) is 0 Å². The molecule has 1 N–H and O–H groups in total. The second-order valence-corrected chi connectivity index (χ2v) is 3.95. The van der Waals surface area contributed by atoms with Gasteiger partial charge in [-0.05, 0) is 34.5 Å². The highest BCUT2D eigenvalue weighted by molar-refractivity contribution is 9.10. The molecule has 0 aromatic carbocycles. The maximum absolute atomic E-state index is 11.3. The summed E-state index contributed by atoms with van der Waals surface area (Å²) >= 11 is 3.09. The fraction of sp³-hybridized carbons (Fsp3) is 0.333. The Morgan fingerprint density at radius 3 is 2.64 bits per heavy atom. The van der Waals surface area contributed by atoms with E-state index in [9.17, 15) is 9.59 Å². The van der Waals surface area contributed by atoms with Gasteiger partial charge in [-0.15, -0.1) is 0 Å². The molecule has 0 fully saturated rings. The molecule has 1 aromatic rings. The van der Waals surface area contributed by atoms with E-state index < -0.39 is 11.9 Å². The van der Waals surface area contributed by atoms with Crippen molar-refractivity contribution in [1.82, 2.24) is 4.57 Å². The molecular formula is C9H10BrNO3. The van der Waals surface area contributed by atoms with Crippen LogP contribution in [0.15, 0.2) is 21.5 Å². The Hall–Kier alpha value is -1.10. The van der Waals surface area contributed by atoms with Crippen molar-refractivity contribution in [3.8, 4) is 0 Å². The van der Waals surface area contributed by atoms with Crippen molar-refractivity contribution in [1.29, 1.82) is 0 Å². The summed E-state index contributed by atoms with van der Waals surface area (Å²) in [6.45, 7) is 1.58. The second-order valence-electron chi connectivity index (χ2n) is 3.10. The van der Waals surface area contributed by atoms with E-state index in [0.717, 1.165) is 0 Å². The molecule has 4 nitrogen and oxygen atoms in total. The van der Waals surface area contributed by atoms with Gasteiger partial charge in [0.15, 0.2) is 0 Å². The van der Waals surface area contributed by atoms with E-state index in [1.165, 1.54) is 10.8 Å². The van der Waals surface area contributed by atoms with Gasteiger partial charge in [0.05, 0.1) is 10.4 Å². The standard InChI is InChI=1S/C9H10BrNO3/c1-5(9(13)14)6-3-7(10)8(12)11(2)4-6/h3-5H,1-2H3,(H,13,14). The van der Waals surface area contributed by atoms with E-state index in [-0.39, 0.29) is 5.56 Å². The summed E-state index contributed by atoms with van der Waals surface area (Å²) in [5.74, 6) is -1.52. The summed E-state index contributed by atoms with van der Waals surface area (Å²) in [6, 6.07) is 1.54. The Morgan fingerprint density at radius 2 is 2.21 bits per heavy atom. The van der Waals surface area contributed by atoms with Crippen molar-refractivity contribution in [3.05, 3.63) is 32.7 Å². The van der Waals surface area contributed by atoms with E-state index in [1.807, 2.05) is 0 Å². The van der Waals surface area contributed by atoms with E-state index >= 15 is 0 Å². The molecular weight excluding hydrogens is 250 g/mol. The van der Waals surface area contributed by atoms with Crippen LogP contribution in [0.1, 0.15) is 18.4 Å². The number of carboxylic acids is 1. The predicted octanol–water partition coefficient (Wildman–Crippen LogP) is 1.34. The summed E-state index contributed by atoms with van der Waals surface area (Å²) in [6.07, 6.45) is 1.53. The van der Waals surface area contributed by atoms with E-state index in [4.69, 9.17) is 5.11 Å². The van der Waals surface area contributed by atoms with Gasteiger partial charge in [0, 0.05) is 13.2 Å².